The third-order valence-electron chi connectivity index (χ3n) is 3.66. The van der Waals surface area contributed by atoms with Gasteiger partial charge in [0.2, 0.25) is 5.91 Å². The average molecular weight is 318 g/mol. The Morgan fingerprint density at radius 2 is 1.86 bits per heavy atom. The van der Waals surface area contributed by atoms with Gasteiger partial charge in [-0.3, -0.25) is 9.69 Å². The molecule has 2 nitrogen and oxygen atoms in total. The number of halogens is 1. The van der Waals surface area contributed by atoms with Crippen molar-refractivity contribution < 1.29 is 4.79 Å². The molecule has 0 aliphatic carbocycles. The number of thioether (sulfide) groups is 1. The SMILES string of the molecule is Cc1ccc([C@H]2SCC(=O)N2c2ccc(C)c(Cl)c2)cc1. The van der Waals surface area contributed by atoms with Crippen LogP contribution in [0.1, 0.15) is 22.1 Å². The number of anilines is 1. The second-order valence-electron chi connectivity index (χ2n) is 5.27. The van der Waals surface area contributed by atoms with E-state index in [9.17, 15) is 4.79 Å². The molecule has 1 aliphatic rings. The van der Waals surface area contributed by atoms with Gasteiger partial charge in [0.1, 0.15) is 5.37 Å². The van der Waals surface area contributed by atoms with Crippen molar-refractivity contribution in [3.63, 3.8) is 0 Å². The van der Waals surface area contributed by atoms with Gasteiger partial charge in [-0.05, 0) is 37.1 Å². The first-order valence-corrected chi connectivity index (χ1v) is 8.25. The predicted molar refractivity (Wildman–Crippen MR) is 90.1 cm³/mol. The van der Waals surface area contributed by atoms with Crippen molar-refractivity contribution in [1.82, 2.24) is 0 Å². The summed E-state index contributed by atoms with van der Waals surface area (Å²) in [5.74, 6) is 0.634. The van der Waals surface area contributed by atoms with E-state index in [-0.39, 0.29) is 11.3 Å². The number of hydrogen-bond acceptors (Lipinski definition) is 2. The zero-order valence-electron chi connectivity index (χ0n) is 12.0. The topological polar surface area (TPSA) is 20.3 Å². The monoisotopic (exact) mass is 317 g/mol. The van der Waals surface area contributed by atoms with E-state index in [0.717, 1.165) is 16.8 Å². The van der Waals surface area contributed by atoms with Crippen LogP contribution < -0.4 is 4.90 Å². The molecule has 1 aliphatic heterocycles. The minimum Gasteiger partial charge on any atom is -0.295 e. The van der Waals surface area contributed by atoms with Gasteiger partial charge in [-0.2, -0.15) is 0 Å². The fourth-order valence-corrected chi connectivity index (χ4v) is 3.76. The van der Waals surface area contributed by atoms with Crippen LogP contribution in [0.3, 0.4) is 0 Å². The first kappa shape index (κ1) is 14.5. The van der Waals surface area contributed by atoms with Gasteiger partial charge in [0.05, 0.1) is 5.75 Å². The van der Waals surface area contributed by atoms with Gasteiger partial charge in [-0.25, -0.2) is 0 Å². The fourth-order valence-electron chi connectivity index (χ4n) is 2.41. The van der Waals surface area contributed by atoms with Crippen LogP contribution in [0, 0.1) is 13.8 Å². The van der Waals surface area contributed by atoms with Gasteiger partial charge < -0.3 is 0 Å². The quantitative estimate of drug-likeness (QED) is 0.797. The molecule has 0 spiro atoms. The van der Waals surface area contributed by atoms with Crippen molar-refractivity contribution >= 4 is 35.0 Å². The number of amides is 1. The lowest BCUT2D eigenvalue weighted by atomic mass is 10.1. The van der Waals surface area contributed by atoms with Gasteiger partial charge >= 0.3 is 0 Å². The van der Waals surface area contributed by atoms with E-state index in [0.29, 0.717) is 10.8 Å². The summed E-state index contributed by atoms with van der Waals surface area (Å²) in [5, 5.41) is 0.719. The fraction of sp³-hybridized carbons (Fsp3) is 0.235. The van der Waals surface area contributed by atoms with E-state index in [4.69, 9.17) is 11.6 Å². The largest absolute Gasteiger partial charge is 0.295 e. The van der Waals surface area contributed by atoms with Crippen molar-refractivity contribution in [3.8, 4) is 0 Å². The first-order chi connectivity index (χ1) is 10.1. The molecule has 3 rings (SSSR count). The summed E-state index contributed by atoms with van der Waals surface area (Å²) in [7, 11) is 0. The molecule has 2 aromatic carbocycles. The number of aryl methyl sites for hydroxylation is 2. The smallest absolute Gasteiger partial charge is 0.238 e. The molecule has 0 bridgehead atoms. The minimum atomic E-state index is 0.0249. The predicted octanol–water partition coefficient (Wildman–Crippen LogP) is 4.74. The van der Waals surface area contributed by atoms with Crippen LogP contribution in [0.25, 0.3) is 0 Å². The van der Waals surface area contributed by atoms with Crippen LogP contribution in [-0.4, -0.2) is 11.7 Å². The van der Waals surface area contributed by atoms with Gasteiger partial charge in [-0.1, -0.05) is 47.5 Å². The van der Waals surface area contributed by atoms with Crippen LogP contribution in [0.5, 0.6) is 0 Å². The summed E-state index contributed by atoms with van der Waals surface area (Å²) >= 11 is 7.87. The van der Waals surface area contributed by atoms with Crippen LogP contribution in [0.15, 0.2) is 42.5 Å². The Morgan fingerprint density at radius 3 is 2.52 bits per heavy atom. The standard InChI is InChI=1S/C17H16ClNOS/c1-11-3-6-13(7-4-11)17-19(16(20)10-21-17)14-8-5-12(2)15(18)9-14/h3-9,17H,10H2,1-2H3/t17-/m1/s1. The van der Waals surface area contributed by atoms with E-state index in [1.54, 1.807) is 11.8 Å². The van der Waals surface area contributed by atoms with Gasteiger partial charge in [0.25, 0.3) is 0 Å². The second-order valence-corrected chi connectivity index (χ2v) is 6.75. The second kappa shape index (κ2) is 5.74. The summed E-state index contributed by atoms with van der Waals surface area (Å²) < 4.78 is 0. The third kappa shape index (κ3) is 2.81. The molecule has 1 atom stereocenters. The number of rotatable bonds is 2. The molecule has 0 N–H and O–H groups in total. The molecule has 0 saturated carbocycles. The summed E-state index contributed by atoms with van der Waals surface area (Å²) in [5.41, 5.74) is 4.25. The van der Waals surface area contributed by atoms with E-state index in [1.807, 2.05) is 30.0 Å². The number of nitrogens with zero attached hydrogens (tertiary/aromatic N) is 1. The van der Waals surface area contributed by atoms with E-state index in [1.165, 1.54) is 5.56 Å². The highest BCUT2D eigenvalue weighted by molar-refractivity contribution is 8.00. The molecule has 0 radical (unpaired) electrons. The number of carbonyl (C=O) groups is 1. The molecule has 1 fully saturated rings. The van der Waals surface area contributed by atoms with Crippen molar-refractivity contribution in [2.45, 2.75) is 19.2 Å². The van der Waals surface area contributed by atoms with Crippen LogP contribution in [0.2, 0.25) is 5.02 Å². The van der Waals surface area contributed by atoms with Crippen molar-refractivity contribution in [3.05, 3.63) is 64.2 Å². The van der Waals surface area contributed by atoms with Crippen molar-refractivity contribution in [2.75, 3.05) is 10.7 Å². The summed E-state index contributed by atoms with van der Waals surface area (Å²) in [6.07, 6.45) is 0. The van der Waals surface area contributed by atoms with E-state index in [2.05, 4.69) is 31.2 Å². The Balaban J connectivity index is 1.99. The third-order valence-corrected chi connectivity index (χ3v) is 5.28. The molecular formula is C17H16ClNOS. The number of hydrogen-bond donors (Lipinski definition) is 0. The molecule has 108 valence electrons. The van der Waals surface area contributed by atoms with Crippen LogP contribution in [0.4, 0.5) is 5.69 Å². The van der Waals surface area contributed by atoms with Crippen LogP contribution >= 0.6 is 23.4 Å². The summed E-state index contributed by atoms with van der Waals surface area (Å²) in [4.78, 5) is 14.1. The van der Waals surface area contributed by atoms with Crippen LogP contribution in [-0.2, 0) is 4.79 Å². The van der Waals surface area contributed by atoms with Gasteiger partial charge in [0, 0.05) is 10.7 Å². The average Bonchev–Trinajstić information content (AvgIpc) is 2.85. The molecule has 0 aromatic heterocycles. The Kier molecular flexibility index (Phi) is 3.96. The van der Waals surface area contributed by atoms with Gasteiger partial charge in [0.15, 0.2) is 0 Å². The Hall–Kier alpha value is -1.45. The maximum Gasteiger partial charge on any atom is 0.238 e. The molecule has 1 amide bonds. The van der Waals surface area contributed by atoms with Crippen molar-refractivity contribution in [1.29, 1.82) is 0 Å². The van der Waals surface area contributed by atoms with Crippen molar-refractivity contribution in [2.24, 2.45) is 0 Å². The maximum atomic E-state index is 12.3. The Bertz CT molecular complexity index is 684. The van der Waals surface area contributed by atoms with E-state index < -0.39 is 0 Å². The highest BCUT2D eigenvalue weighted by Gasteiger charge is 2.34. The highest BCUT2D eigenvalue weighted by atomic mass is 35.5. The number of carbonyl (C=O) groups excluding carboxylic acids is 1. The molecular weight excluding hydrogens is 302 g/mol. The minimum absolute atomic E-state index is 0.0249. The number of benzene rings is 2. The summed E-state index contributed by atoms with van der Waals surface area (Å²) in [6, 6.07) is 14.1. The normalized spacial score (nSPS) is 18.3. The molecule has 1 saturated heterocycles. The maximum absolute atomic E-state index is 12.3. The van der Waals surface area contributed by atoms with Gasteiger partial charge in [-0.15, -0.1) is 11.8 Å². The Morgan fingerprint density at radius 1 is 1.14 bits per heavy atom. The summed E-state index contributed by atoms with van der Waals surface area (Å²) in [6.45, 7) is 4.03. The first-order valence-electron chi connectivity index (χ1n) is 6.82. The van der Waals surface area contributed by atoms with E-state index >= 15 is 0 Å². The Labute approximate surface area is 134 Å². The zero-order valence-corrected chi connectivity index (χ0v) is 13.5. The highest BCUT2D eigenvalue weighted by Crippen LogP contribution is 2.42. The molecule has 21 heavy (non-hydrogen) atoms. The zero-order chi connectivity index (χ0) is 15.0. The molecule has 0 unspecified atom stereocenters. The lowest BCUT2D eigenvalue weighted by Gasteiger charge is -2.25. The lowest BCUT2D eigenvalue weighted by molar-refractivity contribution is -0.115. The lowest BCUT2D eigenvalue weighted by Crippen LogP contribution is -2.27. The molecule has 2 aromatic rings. The molecule has 1 heterocycles. The molecule has 4 heteroatoms.